The molecule has 116 valence electrons. The summed E-state index contributed by atoms with van der Waals surface area (Å²) in [4.78, 5) is 0. The Bertz CT molecular complexity index is 308. The van der Waals surface area contributed by atoms with Crippen molar-refractivity contribution in [1.82, 2.24) is 0 Å². The molecule has 0 aromatic carbocycles. The monoisotopic (exact) mass is 276 g/mol. The van der Waals surface area contributed by atoms with Gasteiger partial charge in [-0.1, -0.05) is 70.3 Å². The molecule has 0 amide bonds. The van der Waals surface area contributed by atoms with E-state index < -0.39 is 0 Å². The molecule has 0 bridgehead atoms. The fourth-order valence-electron chi connectivity index (χ4n) is 3.05. The predicted octanol–water partition coefficient (Wildman–Crippen LogP) is 7.07. The summed E-state index contributed by atoms with van der Waals surface area (Å²) >= 11 is 0. The van der Waals surface area contributed by atoms with Crippen LogP contribution in [-0.4, -0.2) is 0 Å². The van der Waals surface area contributed by atoms with E-state index in [0.717, 1.165) is 11.8 Å². The molecule has 0 N–H and O–H groups in total. The highest BCUT2D eigenvalue weighted by Gasteiger charge is 2.22. The molecule has 0 heterocycles. The van der Waals surface area contributed by atoms with E-state index in [1.165, 1.54) is 64.2 Å². The first-order valence-electron chi connectivity index (χ1n) is 9.06. The lowest BCUT2D eigenvalue weighted by atomic mass is 10.0. The second-order valence-corrected chi connectivity index (χ2v) is 6.71. The largest absolute Gasteiger partial charge is 0.0853 e. The molecule has 0 spiro atoms. The van der Waals surface area contributed by atoms with Crippen LogP contribution in [0.4, 0.5) is 0 Å². The van der Waals surface area contributed by atoms with Crippen LogP contribution in [0.3, 0.4) is 0 Å². The quantitative estimate of drug-likeness (QED) is 0.359. The summed E-state index contributed by atoms with van der Waals surface area (Å²) in [6, 6.07) is 0. The topological polar surface area (TPSA) is 0 Å². The molecule has 2 unspecified atom stereocenters. The first-order valence-corrected chi connectivity index (χ1v) is 9.06. The van der Waals surface area contributed by atoms with Gasteiger partial charge in [-0.2, -0.15) is 0 Å². The van der Waals surface area contributed by atoms with Crippen LogP contribution >= 0.6 is 0 Å². The Hall–Kier alpha value is -0.520. The maximum atomic E-state index is 2.46. The molecule has 2 fully saturated rings. The molecule has 0 heteroatoms. The van der Waals surface area contributed by atoms with E-state index in [4.69, 9.17) is 0 Å². The highest BCUT2D eigenvalue weighted by atomic mass is 14.3. The van der Waals surface area contributed by atoms with Gasteiger partial charge in [-0.25, -0.2) is 0 Å². The van der Waals surface area contributed by atoms with Crippen molar-refractivity contribution in [2.75, 3.05) is 0 Å². The summed E-state index contributed by atoms with van der Waals surface area (Å²) in [6.07, 6.45) is 18.6. The smallest absolute Gasteiger partial charge is 0.0194 e. The SMILES string of the molecule is CCC=C1CCCC1C.CCCCCCC=C1CC1C. The van der Waals surface area contributed by atoms with E-state index >= 15 is 0 Å². The maximum absolute atomic E-state index is 2.46. The van der Waals surface area contributed by atoms with Crippen LogP contribution in [0.5, 0.6) is 0 Å². The van der Waals surface area contributed by atoms with Gasteiger partial charge in [-0.3, -0.25) is 0 Å². The Morgan fingerprint density at radius 1 is 0.950 bits per heavy atom. The van der Waals surface area contributed by atoms with Crippen molar-refractivity contribution < 1.29 is 0 Å². The number of hydrogen-bond acceptors (Lipinski definition) is 0. The third kappa shape index (κ3) is 7.31. The second-order valence-electron chi connectivity index (χ2n) is 6.71. The van der Waals surface area contributed by atoms with Crippen molar-refractivity contribution in [2.24, 2.45) is 11.8 Å². The van der Waals surface area contributed by atoms with Gasteiger partial charge in [0.1, 0.15) is 0 Å². The van der Waals surface area contributed by atoms with Crippen molar-refractivity contribution in [3.8, 4) is 0 Å². The Balaban J connectivity index is 0.000000204. The molecule has 0 saturated heterocycles. The normalized spacial score (nSPS) is 28.6. The van der Waals surface area contributed by atoms with Gasteiger partial charge in [0.2, 0.25) is 0 Å². The standard InChI is InChI=1S/C11H20.C9H16/c1-3-4-5-6-7-8-11-9-10(11)2;1-3-5-9-7-4-6-8(9)2/h8,10H,3-7,9H2,1-2H3;5,8H,3-4,6-7H2,1-2H3. The van der Waals surface area contributed by atoms with Crippen LogP contribution in [-0.2, 0) is 0 Å². The lowest BCUT2D eigenvalue weighted by Crippen LogP contribution is -1.86. The highest BCUT2D eigenvalue weighted by molar-refractivity contribution is 5.21. The molecule has 0 radical (unpaired) electrons. The van der Waals surface area contributed by atoms with Crippen LogP contribution in [0.1, 0.15) is 91.9 Å². The lowest BCUT2D eigenvalue weighted by molar-refractivity contribution is 0.674. The van der Waals surface area contributed by atoms with Gasteiger partial charge in [-0.15, -0.1) is 0 Å². The minimum atomic E-state index is 0.893. The summed E-state index contributed by atoms with van der Waals surface area (Å²) in [6.45, 7) is 9.14. The summed E-state index contributed by atoms with van der Waals surface area (Å²) in [5, 5.41) is 0. The summed E-state index contributed by atoms with van der Waals surface area (Å²) in [7, 11) is 0. The predicted molar refractivity (Wildman–Crippen MR) is 92.0 cm³/mol. The van der Waals surface area contributed by atoms with Crippen molar-refractivity contribution in [3.63, 3.8) is 0 Å². The molecule has 2 aliphatic carbocycles. The second kappa shape index (κ2) is 10.2. The van der Waals surface area contributed by atoms with Gasteiger partial charge in [0.15, 0.2) is 0 Å². The number of rotatable bonds is 6. The molecular weight excluding hydrogens is 240 g/mol. The Morgan fingerprint density at radius 2 is 1.70 bits per heavy atom. The van der Waals surface area contributed by atoms with E-state index in [9.17, 15) is 0 Å². The fourth-order valence-corrected chi connectivity index (χ4v) is 3.05. The van der Waals surface area contributed by atoms with Crippen molar-refractivity contribution in [3.05, 3.63) is 23.3 Å². The average molecular weight is 277 g/mol. The minimum absolute atomic E-state index is 0.893. The number of unbranched alkanes of at least 4 members (excludes halogenated alkanes) is 4. The zero-order chi connectivity index (χ0) is 14.8. The molecule has 0 nitrogen and oxygen atoms in total. The van der Waals surface area contributed by atoms with Crippen LogP contribution in [0.25, 0.3) is 0 Å². The molecular formula is C20H36. The molecule has 0 aromatic rings. The van der Waals surface area contributed by atoms with Gasteiger partial charge < -0.3 is 0 Å². The van der Waals surface area contributed by atoms with Gasteiger partial charge in [0, 0.05) is 0 Å². The molecule has 2 saturated carbocycles. The van der Waals surface area contributed by atoms with Gasteiger partial charge in [-0.05, 0) is 56.8 Å². The summed E-state index contributed by atoms with van der Waals surface area (Å²) in [5.74, 6) is 1.83. The van der Waals surface area contributed by atoms with Gasteiger partial charge >= 0.3 is 0 Å². The number of hydrogen-bond donors (Lipinski definition) is 0. The summed E-state index contributed by atoms with van der Waals surface area (Å²) < 4.78 is 0. The molecule has 0 aromatic heterocycles. The van der Waals surface area contributed by atoms with Crippen molar-refractivity contribution in [1.29, 1.82) is 0 Å². The minimum Gasteiger partial charge on any atom is -0.0853 e. The fraction of sp³-hybridized carbons (Fsp3) is 0.800. The van der Waals surface area contributed by atoms with Gasteiger partial charge in [0.25, 0.3) is 0 Å². The molecule has 20 heavy (non-hydrogen) atoms. The third-order valence-corrected chi connectivity index (χ3v) is 4.68. The first-order chi connectivity index (χ1) is 9.69. The average Bonchev–Trinajstić information content (AvgIpc) is 2.99. The van der Waals surface area contributed by atoms with E-state index in [2.05, 4.69) is 39.8 Å². The van der Waals surface area contributed by atoms with Crippen LogP contribution in [0.15, 0.2) is 23.3 Å². The Labute approximate surface area is 127 Å². The highest BCUT2D eigenvalue weighted by Crippen LogP contribution is 2.37. The third-order valence-electron chi connectivity index (χ3n) is 4.68. The van der Waals surface area contributed by atoms with E-state index in [-0.39, 0.29) is 0 Å². The zero-order valence-electron chi connectivity index (χ0n) is 14.4. The van der Waals surface area contributed by atoms with Crippen LogP contribution in [0, 0.1) is 11.8 Å². The van der Waals surface area contributed by atoms with Crippen LogP contribution < -0.4 is 0 Å². The Morgan fingerprint density at radius 3 is 2.20 bits per heavy atom. The molecule has 2 aliphatic rings. The van der Waals surface area contributed by atoms with E-state index in [1.807, 2.05) is 0 Å². The summed E-state index contributed by atoms with van der Waals surface area (Å²) in [5.41, 5.74) is 3.42. The first kappa shape index (κ1) is 17.5. The molecule has 2 atom stereocenters. The van der Waals surface area contributed by atoms with E-state index in [1.54, 1.807) is 11.1 Å². The lowest BCUT2D eigenvalue weighted by Gasteiger charge is -2.01. The van der Waals surface area contributed by atoms with Crippen LogP contribution in [0.2, 0.25) is 0 Å². The Kier molecular flexibility index (Phi) is 8.98. The molecule has 2 rings (SSSR count). The number of allylic oxidation sites excluding steroid dienone is 4. The molecule has 0 aliphatic heterocycles. The maximum Gasteiger partial charge on any atom is -0.0194 e. The zero-order valence-corrected chi connectivity index (χ0v) is 14.4. The van der Waals surface area contributed by atoms with Gasteiger partial charge in [0.05, 0.1) is 0 Å². The van der Waals surface area contributed by atoms with Crippen molar-refractivity contribution >= 4 is 0 Å². The van der Waals surface area contributed by atoms with E-state index in [0.29, 0.717) is 0 Å². The van der Waals surface area contributed by atoms with Crippen molar-refractivity contribution in [2.45, 2.75) is 91.9 Å².